The summed E-state index contributed by atoms with van der Waals surface area (Å²) in [6, 6.07) is 9.40. The fraction of sp³-hybridized carbons (Fsp3) is 0.625. The van der Waals surface area contributed by atoms with Crippen LogP contribution in [0.25, 0.3) is 0 Å². The summed E-state index contributed by atoms with van der Waals surface area (Å²) in [6.07, 6.45) is 5.31. The first-order valence-electron chi connectivity index (χ1n) is 7.27. The Morgan fingerprint density at radius 1 is 1.33 bits per heavy atom. The number of benzene rings is 1. The van der Waals surface area contributed by atoms with E-state index >= 15 is 0 Å². The molecule has 1 aromatic rings. The topological polar surface area (TPSA) is 29.3 Å². The highest BCUT2D eigenvalue weighted by atomic mass is 15.2. The molecule has 1 aliphatic rings. The molecule has 2 rings (SSSR count). The lowest BCUT2D eigenvalue weighted by molar-refractivity contribution is 0.135. The van der Waals surface area contributed by atoms with Gasteiger partial charge in [0.15, 0.2) is 0 Å². The average molecular weight is 246 g/mol. The molecule has 0 saturated carbocycles. The summed E-state index contributed by atoms with van der Waals surface area (Å²) >= 11 is 0. The monoisotopic (exact) mass is 246 g/mol. The van der Waals surface area contributed by atoms with E-state index in [4.69, 9.17) is 5.73 Å². The van der Waals surface area contributed by atoms with Gasteiger partial charge in [0.1, 0.15) is 0 Å². The van der Waals surface area contributed by atoms with Gasteiger partial charge in [-0.2, -0.15) is 0 Å². The molecule has 2 atom stereocenters. The van der Waals surface area contributed by atoms with E-state index < -0.39 is 0 Å². The number of nitrogens with zero attached hydrogens (tertiary/aromatic N) is 1. The number of piperidine rings is 1. The Kier molecular flexibility index (Phi) is 4.79. The van der Waals surface area contributed by atoms with E-state index in [9.17, 15) is 0 Å². The van der Waals surface area contributed by atoms with Crippen molar-refractivity contribution in [2.75, 3.05) is 13.1 Å². The van der Waals surface area contributed by atoms with Crippen LogP contribution in [0.5, 0.6) is 0 Å². The van der Waals surface area contributed by atoms with E-state index in [1.165, 1.54) is 43.4 Å². The van der Waals surface area contributed by atoms with Gasteiger partial charge in [0.05, 0.1) is 0 Å². The quantitative estimate of drug-likeness (QED) is 0.883. The molecule has 1 heterocycles. The normalized spacial score (nSPS) is 22.9. The van der Waals surface area contributed by atoms with Crippen LogP contribution in [0.15, 0.2) is 24.3 Å². The van der Waals surface area contributed by atoms with Crippen LogP contribution >= 0.6 is 0 Å². The smallest absolute Gasteiger partial charge is 0.0427 e. The van der Waals surface area contributed by atoms with Crippen molar-refractivity contribution in [1.82, 2.24) is 4.90 Å². The molecule has 0 radical (unpaired) electrons. The number of hydrogen-bond donors (Lipinski definition) is 1. The van der Waals surface area contributed by atoms with Crippen molar-refractivity contribution in [2.24, 2.45) is 5.73 Å². The largest absolute Gasteiger partial charge is 0.323 e. The van der Waals surface area contributed by atoms with E-state index in [1.54, 1.807) is 0 Å². The maximum absolute atomic E-state index is 6.40. The summed E-state index contributed by atoms with van der Waals surface area (Å²) in [4.78, 5) is 2.60. The predicted octanol–water partition coefficient (Wildman–Crippen LogP) is 3.26. The third-order valence-corrected chi connectivity index (χ3v) is 4.24. The minimum Gasteiger partial charge on any atom is -0.323 e. The van der Waals surface area contributed by atoms with Crippen LogP contribution in [-0.4, -0.2) is 24.0 Å². The molecule has 18 heavy (non-hydrogen) atoms. The minimum atomic E-state index is 0.151. The minimum absolute atomic E-state index is 0.151. The van der Waals surface area contributed by atoms with Crippen LogP contribution in [-0.2, 0) is 0 Å². The second-order valence-corrected chi connectivity index (χ2v) is 5.52. The average Bonchev–Trinajstić information content (AvgIpc) is 2.39. The van der Waals surface area contributed by atoms with Crippen molar-refractivity contribution < 1.29 is 0 Å². The zero-order valence-electron chi connectivity index (χ0n) is 11.7. The molecule has 0 bridgehead atoms. The van der Waals surface area contributed by atoms with E-state index in [1.807, 2.05) is 0 Å². The predicted molar refractivity (Wildman–Crippen MR) is 77.6 cm³/mol. The molecule has 1 fully saturated rings. The van der Waals surface area contributed by atoms with Crippen molar-refractivity contribution in [3.05, 3.63) is 35.4 Å². The van der Waals surface area contributed by atoms with Gasteiger partial charge in [-0.15, -0.1) is 0 Å². The van der Waals surface area contributed by atoms with Crippen molar-refractivity contribution in [1.29, 1.82) is 0 Å². The van der Waals surface area contributed by atoms with Crippen LogP contribution in [0.4, 0.5) is 0 Å². The molecule has 1 aromatic carbocycles. The maximum Gasteiger partial charge on any atom is 0.0427 e. The van der Waals surface area contributed by atoms with Gasteiger partial charge in [0.2, 0.25) is 0 Å². The van der Waals surface area contributed by atoms with Gasteiger partial charge in [-0.3, -0.25) is 4.90 Å². The molecule has 0 aliphatic carbocycles. The zero-order valence-corrected chi connectivity index (χ0v) is 11.7. The highest BCUT2D eigenvalue weighted by Crippen LogP contribution is 2.23. The number of likely N-dealkylation sites (tertiary alicyclic amines) is 1. The lowest BCUT2D eigenvalue weighted by Crippen LogP contribution is -2.43. The molecule has 0 spiro atoms. The van der Waals surface area contributed by atoms with Gasteiger partial charge in [-0.25, -0.2) is 0 Å². The fourth-order valence-corrected chi connectivity index (χ4v) is 3.12. The van der Waals surface area contributed by atoms with Crippen LogP contribution in [0.1, 0.15) is 49.8 Å². The Morgan fingerprint density at radius 2 is 2.11 bits per heavy atom. The van der Waals surface area contributed by atoms with Crippen molar-refractivity contribution in [2.45, 2.75) is 51.6 Å². The van der Waals surface area contributed by atoms with Gasteiger partial charge in [-0.05, 0) is 43.9 Å². The first-order chi connectivity index (χ1) is 8.72. The second kappa shape index (κ2) is 6.35. The molecule has 0 amide bonds. The first kappa shape index (κ1) is 13.6. The third kappa shape index (κ3) is 3.12. The van der Waals surface area contributed by atoms with E-state index in [2.05, 4.69) is 43.0 Å². The Bertz CT molecular complexity index is 375. The standard InChI is InChI=1S/C16H26N2/c1-3-14-9-6-7-11-18(14)12-16(17)15-10-5-4-8-13(15)2/h4-5,8,10,14,16H,3,6-7,9,11-12,17H2,1-2H3. The SMILES string of the molecule is CCC1CCCCN1CC(N)c1ccccc1C. The maximum atomic E-state index is 6.40. The molecular formula is C16H26N2. The first-order valence-corrected chi connectivity index (χ1v) is 7.27. The number of hydrogen-bond acceptors (Lipinski definition) is 2. The Morgan fingerprint density at radius 3 is 2.83 bits per heavy atom. The van der Waals surface area contributed by atoms with Crippen LogP contribution < -0.4 is 5.73 Å². The van der Waals surface area contributed by atoms with Gasteiger partial charge in [-0.1, -0.05) is 37.6 Å². The third-order valence-electron chi connectivity index (χ3n) is 4.24. The molecule has 1 aliphatic heterocycles. The van der Waals surface area contributed by atoms with Crippen molar-refractivity contribution >= 4 is 0 Å². The van der Waals surface area contributed by atoms with Gasteiger partial charge in [0, 0.05) is 18.6 Å². The van der Waals surface area contributed by atoms with Crippen LogP contribution in [0.3, 0.4) is 0 Å². The number of aryl methyl sites for hydroxylation is 1. The Labute approximate surface area is 111 Å². The highest BCUT2D eigenvalue weighted by molar-refractivity contribution is 5.28. The summed E-state index contributed by atoms with van der Waals surface area (Å²) in [6.45, 7) is 6.67. The van der Waals surface area contributed by atoms with Crippen LogP contribution in [0.2, 0.25) is 0 Å². The van der Waals surface area contributed by atoms with E-state index in [-0.39, 0.29) is 6.04 Å². The van der Waals surface area contributed by atoms with E-state index in [0.29, 0.717) is 0 Å². The molecule has 2 unspecified atom stereocenters. The van der Waals surface area contributed by atoms with Gasteiger partial charge >= 0.3 is 0 Å². The summed E-state index contributed by atoms with van der Waals surface area (Å²) in [5.41, 5.74) is 9.02. The molecule has 2 nitrogen and oxygen atoms in total. The van der Waals surface area contributed by atoms with Crippen molar-refractivity contribution in [3.8, 4) is 0 Å². The molecule has 100 valence electrons. The lowest BCUT2D eigenvalue weighted by atomic mass is 9.96. The molecule has 0 aromatic heterocycles. The highest BCUT2D eigenvalue weighted by Gasteiger charge is 2.23. The second-order valence-electron chi connectivity index (χ2n) is 5.52. The Balaban J connectivity index is 2.02. The molecule has 2 heteroatoms. The van der Waals surface area contributed by atoms with E-state index in [0.717, 1.165) is 12.6 Å². The fourth-order valence-electron chi connectivity index (χ4n) is 3.12. The molecule has 1 saturated heterocycles. The zero-order chi connectivity index (χ0) is 13.0. The summed E-state index contributed by atoms with van der Waals surface area (Å²) < 4.78 is 0. The van der Waals surface area contributed by atoms with Crippen LogP contribution in [0, 0.1) is 6.92 Å². The number of nitrogens with two attached hydrogens (primary N) is 1. The summed E-state index contributed by atoms with van der Waals surface area (Å²) in [5, 5.41) is 0. The summed E-state index contributed by atoms with van der Waals surface area (Å²) in [7, 11) is 0. The van der Waals surface area contributed by atoms with Gasteiger partial charge < -0.3 is 5.73 Å². The van der Waals surface area contributed by atoms with Crippen molar-refractivity contribution in [3.63, 3.8) is 0 Å². The molecule has 2 N–H and O–H groups in total. The Hall–Kier alpha value is -0.860. The van der Waals surface area contributed by atoms with Gasteiger partial charge in [0.25, 0.3) is 0 Å². The number of rotatable bonds is 4. The summed E-state index contributed by atoms with van der Waals surface area (Å²) in [5.74, 6) is 0. The lowest BCUT2D eigenvalue weighted by Gasteiger charge is -2.37. The molecular weight excluding hydrogens is 220 g/mol.